The van der Waals surface area contributed by atoms with Crippen molar-refractivity contribution in [2.24, 2.45) is 0 Å². The van der Waals surface area contributed by atoms with Crippen molar-refractivity contribution in [1.29, 1.82) is 0 Å². The Labute approximate surface area is 101 Å². The average molecular weight is 291 g/mol. The normalized spacial score (nSPS) is 16.5. The van der Waals surface area contributed by atoms with Gasteiger partial charge in [-0.2, -0.15) is 0 Å². The van der Waals surface area contributed by atoms with Crippen LogP contribution in [0.25, 0.3) is 0 Å². The van der Waals surface area contributed by atoms with Gasteiger partial charge in [0.1, 0.15) is 5.60 Å². The first-order valence-electron chi connectivity index (χ1n) is 4.77. The van der Waals surface area contributed by atoms with Crippen LogP contribution in [0, 0.1) is 0 Å². The van der Waals surface area contributed by atoms with E-state index in [9.17, 15) is 14.3 Å². The maximum Gasteiger partial charge on any atom is 0.341 e. The van der Waals surface area contributed by atoms with Crippen molar-refractivity contribution in [2.75, 3.05) is 0 Å². The highest BCUT2D eigenvalue weighted by Gasteiger charge is 2.42. The molecule has 3 nitrogen and oxygen atoms in total. The fraction of sp³-hybridized carbons (Fsp3) is 0.364. The molecule has 2 atom stereocenters. The molecule has 0 heterocycles. The minimum absolute atomic E-state index is 0.0118. The highest BCUT2D eigenvalue weighted by Crippen LogP contribution is 2.31. The predicted molar refractivity (Wildman–Crippen MR) is 60.9 cm³/mol. The molecular formula is C11H12BrFO3. The lowest BCUT2D eigenvalue weighted by Crippen LogP contribution is -2.41. The molecule has 1 aromatic carbocycles. The lowest BCUT2D eigenvalue weighted by molar-refractivity contribution is -0.155. The quantitative estimate of drug-likeness (QED) is 0.896. The first kappa shape index (κ1) is 13.1. The number of carbonyl (C=O) groups is 1. The number of alkyl halides is 1. The van der Waals surface area contributed by atoms with E-state index in [1.807, 2.05) is 0 Å². The van der Waals surface area contributed by atoms with Crippen molar-refractivity contribution in [3.05, 3.63) is 34.3 Å². The van der Waals surface area contributed by atoms with E-state index in [2.05, 4.69) is 15.9 Å². The van der Waals surface area contributed by atoms with Crippen LogP contribution in [0.1, 0.15) is 18.9 Å². The third-order valence-electron chi connectivity index (χ3n) is 2.52. The molecule has 0 radical (unpaired) electrons. The summed E-state index contributed by atoms with van der Waals surface area (Å²) in [4.78, 5) is 10.6. The number of aliphatic hydroxyl groups is 1. The summed E-state index contributed by atoms with van der Waals surface area (Å²) in [5.74, 6) is -1.66. The first-order valence-corrected chi connectivity index (χ1v) is 5.56. The number of carboxylic acid groups (broad SMARTS) is 1. The standard InChI is InChI=1S/C11H12BrFO3/c1-2-11(16,9(13)10(14)15)7-3-5-8(12)6-4-7/h3-6,9,16H,2H2,1H3,(H,14,15). The molecule has 0 fully saturated rings. The number of rotatable bonds is 4. The van der Waals surface area contributed by atoms with E-state index in [1.54, 1.807) is 12.1 Å². The smallest absolute Gasteiger partial charge is 0.341 e. The Bertz CT molecular complexity index is 379. The second-order valence-corrected chi connectivity index (χ2v) is 4.40. The van der Waals surface area contributed by atoms with Crippen LogP contribution in [0.2, 0.25) is 0 Å². The van der Waals surface area contributed by atoms with Crippen LogP contribution < -0.4 is 0 Å². The third kappa shape index (κ3) is 2.41. The van der Waals surface area contributed by atoms with Crippen molar-refractivity contribution < 1.29 is 19.4 Å². The Morgan fingerprint density at radius 1 is 1.50 bits per heavy atom. The second kappa shape index (κ2) is 4.93. The van der Waals surface area contributed by atoms with E-state index in [0.29, 0.717) is 0 Å². The zero-order chi connectivity index (χ0) is 12.3. The van der Waals surface area contributed by atoms with Crippen LogP contribution in [0.3, 0.4) is 0 Å². The Morgan fingerprint density at radius 3 is 2.38 bits per heavy atom. The van der Waals surface area contributed by atoms with Crippen LogP contribution in [0.15, 0.2) is 28.7 Å². The lowest BCUT2D eigenvalue weighted by atomic mass is 9.86. The summed E-state index contributed by atoms with van der Waals surface area (Å²) in [6, 6.07) is 6.27. The molecule has 2 N–H and O–H groups in total. The maximum absolute atomic E-state index is 13.5. The van der Waals surface area contributed by atoms with E-state index in [0.717, 1.165) is 4.47 Å². The van der Waals surface area contributed by atoms with Crippen LogP contribution in [0.5, 0.6) is 0 Å². The number of hydrogen-bond donors (Lipinski definition) is 2. The second-order valence-electron chi connectivity index (χ2n) is 3.49. The Hall–Kier alpha value is -0.940. The molecule has 2 unspecified atom stereocenters. The summed E-state index contributed by atoms with van der Waals surface area (Å²) in [5.41, 5.74) is -1.72. The van der Waals surface area contributed by atoms with E-state index in [4.69, 9.17) is 5.11 Å². The zero-order valence-electron chi connectivity index (χ0n) is 8.65. The molecule has 0 aliphatic heterocycles. The number of halogens is 2. The van der Waals surface area contributed by atoms with Crippen molar-refractivity contribution in [3.63, 3.8) is 0 Å². The average Bonchev–Trinajstić information content (AvgIpc) is 2.27. The monoisotopic (exact) mass is 290 g/mol. The van der Waals surface area contributed by atoms with Crippen molar-refractivity contribution >= 4 is 21.9 Å². The molecule has 0 bridgehead atoms. The van der Waals surface area contributed by atoms with Gasteiger partial charge in [0.15, 0.2) is 0 Å². The summed E-state index contributed by atoms with van der Waals surface area (Å²) in [6.45, 7) is 1.54. The molecule has 1 aromatic rings. The minimum Gasteiger partial charge on any atom is -0.479 e. The molecule has 0 saturated carbocycles. The van der Waals surface area contributed by atoms with Crippen molar-refractivity contribution in [1.82, 2.24) is 0 Å². The van der Waals surface area contributed by atoms with Gasteiger partial charge in [-0.3, -0.25) is 0 Å². The van der Waals surface area contributed by atoms with Gasteiger partial charge in [0.2, 0.25) is 6.17 Å². The molecule has 0 saturated heterocycles. The third-order valence-corrected chi connectivity index (χ3v) is 3.05. The Kier molecular flexibility index (Phi) is 4.04. The molecule has 0 aliphatic carbocycles. The summed E-state index contributed by atoms with van der Waals surface area (Å²) in [5, 5.41) is 18.7. The number of carboxylic acids is 1. The maximum atomic E-state index is 13.5. The van der Waals surface area contributed by atoms with Gasteiger partial charge in [-0.1, -0.05) is 35.0 Å². The molecule has 5 heteroatoms. The van der Waals surface area contributed by atoms with Gasteiger partial charge in [0.25, 0.3) is 0 Å². The van der Waals surface area contributed by atoms with E-state index >= 15 is 0 Å². The SMILES string of the molecule is CCC(O)(c1ccc(Br)cc1)C(F)C(=O)O. The fourth-order valence-corrected chi connectivity index (χ4v) is 1.74. The lowest BCUT2D eigenvalue weighted by Gasteiger charge is -2.28. The van der Waals surface area contributed by atoms with Crippen LogP contribution >= 0.6 is 15.9 Å². The fourth-order valence-electron chi connectivity index (χ4n) is 1.47. The molecule has 88 valence electrons. The van der Waals surface area contributed by atoms with Gasteiger partial charge in [-0.25, -0.2) is 9.18 Å². The summed E-state index contributed by atoms with van der Waals surface area (Å²) < 4.78 is 14.3. The largest absolute Gasteiger partial charge is 0.479 e. The number of benzene rings is 1. The Balaban J connectivity index is 3.14. The first-order chi connectivity index (χ1) is 7.41. The predicted octanol–water partition coefficient (Wildman–Crippen LogP) is 2.47. The van der Waals surface area contributed by atoms with E-state index < -0.39 is 17.7 Å². The van der Waals surface area contributed by atoms with Crippen LogP contribution in [-0.4, -0.2) is 22.4 Å². The van der Waals surface area contributed by atoms with Gasteiger partial charge in [-0.15, -0.1) is 0 Å². The summed E-state index contributed by atoms with van der Waals surface area (Å²) in [7, 11) is 0. The topological polar surface area (TPSA) is 57.5 Å². The van der Waals surface area contributed by atoms with Gasteiger partial charge in [0, 0.05) is 4.47 Å². The molecule has 0 aliphatic rings. The molecule has 0 amide bonds. The van der Waals surface area contributed by atoms with Gasteiger partial charge >= 0.3 is 5.97 Å². The summed E-state index contributed by atoms with van der Waals surface area (Å²) >= 11 is 3.21. The molecular weight excluding hydrogens is 279 g/mol. The van der Waals surface area contributed by atoms with Crippen LogP contribution in [-0.2, 0) is 10.4 Å². The number of aliphatic carboxylic acids is 1. The Morgan fingerprint density at radius 2 is 2.00 bits per heavy atom. The highest BCUT2D eigenvalue weighted by atomic mass is 79.9. The van der Waals surface area contributed by atoms with Crippen molar-refractivity contribution in [2.45, 2.75) is 25.1 Å². The van der Waals surface area contributed by atoms with E-state index in [-0.39, 0.29) is 12.0 Å². The molecule has 0 spiro atoms. The van der Waals surface area contributed by atoms with E-state index in [1.165, 1.54) is 19.1 Å². The van der Waals surface area contributed by atoms with Crippen molar-refractivity contribution in [3.8, 4) is 0 Å². The molecule has 1 rings (SSSR count). The minimum atomic E-state index is -2.33. The summed E-state index contributed by atoms with van der Waals surface area (Å²) in [6.07, 6.45) is -2.35. The number of hydrogen-bond acceptors (Lipinski definition) is 2. The van der Waals surface area contributed by atoms with Gasteiger partial charge < -0.3 is 10.2 Å². The van der Waals surface area contributed by atoms with Crippen LogP contribution in [0.4, 0.5) is 4.39 Å². The molecule has 0 aromatic heterocycles. The van der Waals surface area contributed by atoms with Gasteiger partial charge in [0.05, 0.1) is 0 Å². The van der Waals surface area contributed by atoms with Gasteiger partial charge in [-0.05, 0) is 24.1 Å². The highest BCUT2D eigenvalue weighted by molar-refractivity contribution is 9.10. The molecule has 16 heavy (non-hydrogen) atoms. The zero-order valence-corrected chi connectivity index (χ0v) is 10.2.